The lowest BCUT2D eigenvalue weighted by atomic mass is 10.3. The molecule has 0 atom stereocenters. The van der Waals surface area contributed by atoms with E-state index in [-0.39, 0.29) is 0 Å². The van der Waals surface area contributed by atoms with Crippen LogP contribution in [0.2, 0.25) is 5.15 Å². The molecule has 2 heterocycles. The predicted octanol–water partition coefficient (Wildman–Crippen LogP) is 2.13. The normalized spacial score (nSPS) is 10.7. The zero-order valence-electron chi connectivity index (χ0n) is 10.7. The third-order valence-electron chi connectivity index (χ3n) is 2.79. The van der Waals surface area contributed by atoms with E-state index >= 15 is 0 Å². The van der Waals surface area contributed by atoms with Crippen molar-refractivity contribution in [1.82, 2.24) is 19.7 Å². The third-order valence-corrected chi connectivity index (χ3v) is 3.16. The average Bonchev–Trinajstić information content (AvgIpc) is 2.71. The fourth-order valence-electron chi connectivity index (χ4n) is 1.72. The highest BCUT2D eigenvalue weighted by molar-refractivity contribution is 6.30. The average molecular weight is 266 g/mol. The van der Waals surface area contributed by atoms with Crippen LogP contribution in [0.4, 0.5) is 5.82 Å². The molecule has 0 aliphatic carbocycles. The minimum Gasteiger partial charge on any atom is -0.369 e. The molecule has 0 aromatic carbocycles. The summed E-state index contributed by atoms with van der Waals surface area (Å²) in [5.41, 5.74) is 2.06. The first-order valence-corrected chi connectivity index (χ1v) is 6.17. The van der Waals surface area contributed by atoms with E-state index in [1.807, 2.05) is 31.6 Å². The first-order valence-electron chi connectivity index (χ1n) is 5.79. The molecule has 0 aliphatic rings. The second-order valence-corrected chi connectivity index (χ2v) is 4.52. The Bertz CT molecular complexity index is 549. The summed E-state index contributed by atoms with van der Waals surface area (Å²) in [4.78, 5) is 8.45. The summed E-state index contributed by atoms with van der Waals surface area (Å²) in [7, 11) is 1.94. The highest BCUT2D eigenvalue weighted by atomic mass is 35.5. The van der Waals surface area contributed by atoms with E-state index in [0.717, 1.165) is 24.3 Å². The van der Waals surface area contributed by atoms with Gasteiger partial charge in [-0.1, -0.05) is 11.6 Å². The quantitative estimate of drug-likeness (QED) is 0.861. The zero-order valence-corrected chi connectivity index (χ0v) is 11.5. The van der Waals surface area contributed by atoms with Gasteiger partial charge < -0.3 is 5.32 Å². The number of hydrogen-bond acceptors (Lipinski definition) is 4. The second-order valence-electron chi connectivity index (χ2n) is 4.16. The van der Waals surface area contributed by atoms with E-state index in [0.29, 0.717) is 11.0 Å². The van der Waals surface area contributed by atoms with Gasteiger partial charge >= 0.3 is 0 Å². The van der Waals surface area contributed by atoms with Gasteiger partial charge in [-0.05, 0) is 19.9 Å². The molecule has 0 bridgehead atoms. The molecule has 0 saturated carbocycles. The summed E-state index contributed by atoms with van der Waals surface area (Å²) in [5, 5.41) is 7.92. The molecule has 2 rings (SSSR count). The number of aryl methyl sites for hydroxylation is 2. The molecule has 0 unspecified atom stereocenters. The van der Waals surface area contributed by atoms with Crippen LogP contribution in [0.15, 0.2) is 12.3 Å². The van der Waals surface area contributed by atoms with Crippen LogP contribution >= 0.6 is 11.6 Å². The Morgan fingerprint density at radius 2 is 2.11 bits per heavy atom. The monoisotopic (exact) mass is 265 g/mol. The smallest absolute Gasteiger partial charge is 0.137 e. The van der Waals surface area contributed by atoms with Gasteiger partial charge in [-0.3, -0.25) is 4.68 Å². The van der Waals surface area contributed by atoms with Gasteiger partial charge in [0.1, 0.15) is 16.8 Å². The summed E-state index contributed by atoms with van der Waals surface area (Å²) < 4.78 is 1.87. The van der Waals surface area contributed by atoms with Crippen LogP contribution in [-0.4, -0.2) is 26.3 Å². The Labute approximate surface area is 111 Å². The molecule has 5 nitrogen and oxygen atoms in total. The van der Waals surface area contributed by atoms with E-state index in [2.05, 4.69) is 20.4 Å². The maximum absolute atomic E-state index is 6.02. The van der Waals surface area contributed by atoms with Crippen molar-refractivity contribution < 1.29 is 0 Å². The third kappa shape index (κ3) is 2.79. The van der Waals surface area contributed by atoms with Crippen LogP contribution in [0.5, 0.6) is 0 Å². The lowest BCUT2D eigenvalue weighted by Gasteiger charge is -2.10. The van der Waals surface area contributed by atoms with E-state index in [4.69, 9.17) is 11.6 Å². The van der Waals surface area contributed by atoms with E-state index in [9.17, 15) is 0 Å². The maximum atomic E-state index is 6.02. The molecule has 0 saturated heterocycles. The minimum atomic E-state index is 0.505. The molecule has 0 amide bonds. The van der Waals surface area contributed by atoms with Gasteiger partial charge in [0.25, 0.3) is 0 Å². The van der Waals surface area contributed by atoms with Crippen molar-refractivity contribution in [2.24, 2.45) is 7.05 Å². The van der Waals surface area contributed by atoms with Crippen LogP contribution in [0, 0.1) is 13.8 Å². The van der Waals surface area contributed by atoms with E-state index in [1.165, 1.54) is 5.69 Å². The Morgan fingerprint density at radius 3 is 2.78 bits per heavy atom. The Morgan fingerprint density at radius 1 is 1.33 bits per heavy atom. The summed E-state index contributed by atoms with van der Waals surface area (Å²) in [6.07, 6.45) is 2.68. The van der Waals surface area contributed by atoms with Crippen LogP contribution in [0.25, 0.3) is 0 Å². The fraction of sp³-hybridized carbons (Fsp3) is 0.417. The molecule has 0 fully saturated rings. The summed E-state index contributed by atoms with van der Waals surface area (Å²) >= 11 is 6.02. The number of nitrogens with one attached hydrogen (secondary N) is 1. The molecule has 18 heavy (non-hydrogen) atoms. The fourth-order valence-corrected chi connectivity index (χ4v) is 1.93. The molecule has 0 aliphatic heterocycles. The van der Waals surface area contributed by atoms with Gasteiger partial charge in [-0.2, -0.15) is 5.10 Å². The summed E-state index contributed by atoms with van der Waals surface area (Å²) in [5.74, 6) is 1.48. The number of anilines is 1. The van der Waals surface area contributed by atoms with E-state index < -0.39 is 0 Å². The lowest BCUT2D eigenvalue weighted by molar-refractivity contribution is 0.710. The first-order chi connectivity index (χ1) is 8.58. The van der Waals surface area contributed by atoms with Crippen molar-refractivity contribution in [3.63, 3.8) is 0 Å². The maximum Gasteiger partial charge on any atom is 0.137 e. The molecular formula is C12H16ClN5. The molecule has 0 radical (unpaired) electrons. The number of hydrogen-bond donors (Lipinski definition) is 1. The van der Waals surface area contributed by atoms with Gasteiger partial charge in [-0.25, -0.2) is 9.97 Å². The predicted molar refractivity (Wildman–Crippen MR) is 71.9 cm³/mol. The number of halogens is 1. The van der Waals surface area contributed by atoms with E-state index in [1.54, 1.807) is 6.20 Å². The molecule has 1 N–H and O–H groups in total. The molecule has 96 valence electrons. The van der Waals surface area contributed by atoms with Gasteiger partial charge in [0.05, 0.1) is 0 Å². The number of rotatable bonds is 4. The standard InChI is InChI=1S/C12H16ClN5/c1-8-11(13)16-9(2)17-12(8)14-6-4-10-5-7-15-18(10)3/h5,7H,4,6H2,1-3H3,(H,14,16,17). The van der Waals surface area contributed by atoms with Gasteiger partial charge in [0, 0.05) is 37.5 Å². The van der Waals surface area contributed by atoms with Gasteiger partial charge in [0.2, 0.25) is 0 Å². The van der Waals surface area contributed by atoms with Gasteiger partial charge in [-0.15, -0.1) is 0 Å². The van der Waals surface area contributed by atoms with Crippen molar-refractivity contribution in [3.8, 4) is 0 Å². The molecule has 0 spiro atoms. The lowest BCUT2D eigenvalue weighted by Crippen LogP contribution is -2.11. The van der Waals surface area contributed by atoms with Crippen molar-refractivity contribution >= 4 is 17.4 Å². The summed E-state index contributed by atoms with van der Waals surface area (Å²) in [6, 6.07) is 2.01. The first kappa shape index (κ1) is 12.8. The Kier molecular flexibility index (Phi) is 3.81. The molecule has 2 aromatic rings. The van der Waals surface area contributed by atoms with Crippen molar-refractivity contribution in [3.05, 3.63) is 34.5 Å². The highest BCUT2D eigenvalue weighted by Gasteiger charge is 2.07. The topological polar surface area (TPSA) is 55.6 Å². The second kappa shape index (κ2) is 5.35. The largest absolute Gasteiger partial charge is 0.369 e. The number of aromatic nitrogens is 4. The molecular weight excluding hydrogens is 250 g/mol. The van der Waals surface area contributed by atoms with Crippen LogP contribution in [0.1, 0.15) is 17.1 Å². The zero-order chi connectivity index (χ0) is 13.1. The Hall–Kier alpha value is -1.62. The SMILES string of the molecule is Cc1nc(Cl)c(C)c(NCCc2ccnn2C)n1. The van der Waals surface area contributed by atoms with Crippen LogP contribution in [0.3, 0.4) is 0 Å². The van der Waals surface area contributed by atoms with Crippen molar-refractivity contribution in [1.29, 1.82) is 0 Å². The highest BCUT2D eigenvalue weighted by Crippen LogP contribution is 2.19. The van der Waals surface area contributed by atoms with Crippen molar-refractivity contribution in [2.45, 2.75) is 20.3 Å². The van der Waals surface area contributed by atoms with Crippen molar-refractivity contribution in [2.75, 3.05) is 11.9 Å². The minimum absolute atomic E-state index is 0.505. The summed E-state index contributed by atoms with van der Waals surface area (Å²) in [6.45, 7) is 4.53. The van der Waals surface area contributed by atoms with Crippen LogP contribution in [-0.2, 0) is 13.5 Å². The number of nitrogens with zero attached hydrogens (tertiary/aromatic N) is 4. The Balaban J connectivity index is 2.01. The molecule has 2 aromatic heterocycles. The van der Waals surface area contributed by atoms with Gasteiger partial charge in [0.15, 0.2) is 0 Å². The molecule has 6 heteroatoms. The van der Waals surface area contributed by atoms with Crippen LogP contribution < -0.4 is 5.32 Å².